The molecule has 0 bridgehead atoms. The lowest BCUT2D eigenvalue weighted by molar-refractivity contribution is -0.137. The molecule has 0 saturated carbocycles. The molecule has 0 aliphatic carbocycles. The summed E-state index contributed by atoms with van der Waals surface area (Å²) in [5, 5.41) is 13.9. The number of aliphatic carboxylic acids is 1. The first-order valence-electron chi connectivity index (χ1n) is 6.74. The fourth-order valence-corrected chi connectivity index (χ4v) is 2.71. The Kier molecular flexibility index (Phi) is 5.44. The topological polar surface area (TPSA) is 87.7 Å². The van der Waals surface area contributed by atoms with Gasteiger partial charge in [0.15, 0.2) is 0 Å². The number of hydrogen-bond donors (Lipinski definition) is 3. The third kappa shape index (κ3) is 4.63. The Hall–Kier alpha value is -1.76. The van der Waals surface area contributed by atoms with Gasteiger partial charge in [0.05, 0.1) is 6.61 Å². The predicted molar refractivity (Wildman–Crippen MR) is 80.4 cm³/mol. The molecule has 21 heavy (non-hydrogen) atoms. The monoisotopic (exact) mass is 356 g/mol. The van der Waals surface area contributed by atoms with Crippen LogP contribution in [0.25, 0.3) is 0 Å². The highest BCUT2D eigenvalue weighted by Gasteiger charge is 2.17. The minimum Gasteiger partial charge on any atom is -0.493 e. The van der Waals surface area contributed by atoms with Crippen molar-refractivity contribution in [3.8, 4) is 5.75 Å². The number of nitrogens with one attached hydrogen (secondary N) is 2. The molecular weight excluding hydrogens is 340 g/mol. The highest BCUT2D eigenvalue weighted by molar-refractivity contribution is 9.10. The second kappa shape index (κ2) is 7.31. The van der Waals surface area contributed by atoms with Crippen LogP contribution in [0.15, 0.2) is 16.6 Å². The summed E-state index contributed by atoms with van der Waals surface area (Å²) in [6, 6.07) is 3.64. The van der Waals surface area contributed by atoms with Crippen LogP contribution in [-0.2, 0) is 17.8 Å². The van der Waals surface area contributed by atoms with Gasteiger partial charge in [-0.05, 0) is 24.1 Å². The number of urea groups is 1. The summed E-state index contributed by atoms with van der Waals surface area (Å²) < 4.78 is 6.55. The number of carbonyl (C=O) groups excluding carboxylic acids is 1. The SMILES string of the molecule is O=C(O)CCCNC(=O)NCc1cc(Br)cc2c1OCC2. The van der Waals surface area contributed by atoms with E-state index in [0.717, 1.165) is 27.8 Å². The molecule has 114 valence electrons. The number of carbonyl (C=O) groups is 2. The zero-order chi connectivity index (χ0) is 15.2. The van der Waals surface area contributed by atoms with Crippen LogP contribution < -0.4 is 15.4 Å². The van der Waals surface area contributed by atoms with E-state index >= 15 is 0 Å². The molecule has 7 heteroatoms. The van der Waals surface area contributed by atoms with E-state index in [9.17, 15) is 9.59 Å². The minimum atomic E-state index is -0.862. The lowest BCUT2D eigenvalue weighted by Gasteiger charge is -2.11. The van der Waals surface area contributed by atoms with E-state index < -0.39 is 5.97 Å². The maximum absolute atomic E-state index is 11.6. The summed E-state index contributed by atoms with van der Waals surface area (Å²) in [5.41, 5.74) is 2.07. The molecule has 1 heterocycles. The Bertz CT molecular complexity index is 548. The fraction of sp³-hybridized carbons (Fsp3) is 0.429. The number of benzene rings is 1. The van der Waals surface area contributed by atoms with Crippen molar-refractivity contribution in [3.05, 3.63) is 27.7 Å². The van der Waals surface area contributed by atoms with Gasteiger partial charge in [0.25, 0.3) is 0 Å². The third-order valence-corrected chi connectivity index (χ3v) is 3.58. The molecule has 1 aromatic rings. The highest BCUT2D eigenvalue weighted by Crippen LogP contribution is 2.32. The number of fused-ring (bicyclic) bond motifs is 1. The molecule has 0 fully saturated rings. The molecule has 1 aliphatic heterocycles. The second-order valence-electron chi connectivity index (χ2n) is 4.76. The van der Waals surface area contributed by atoms with E-state index in [1.807, 2.05) is 12.1 Å². The average Bonchev–Trinajstić information content (AvgIpc) is 2.88. The molecule has 0 radical (unpaired) electrons. The number of hydrogen-bond acceptors (Lipinski definition) is 3. The summed E-state index contributed by atoms with van der Waals surface area (Å²) in [5.74, 6) is -0.0107. The van der Waals surface area contributed by atoms with Crippen molar-refractivity contribution in [2.45, 2.75) is 25.8 Å². The molecule has 1 aromatic carbocycles. The smallest absolute Gasteiger partial charge is 0.315 e. The summed E-state index contributed by atoms with van der Waals surface area (Å²) in [6.07, 6.45) is 1.34. The summed E-state index contributed by atoms with van der Waals surface area (Å²) >= 11 is 3.45. The molecule has 1 aliphatic rings. The number of halogens is 1. The number of carboxylic acid groups (broad SMARTS) is 1. The summed E-state index contributed by atoms with van der Waals surface area (Å²) in [7, 11) is 0. The van der Waals surface area contributed by atoms with Crippen molar-refractivity contribution in [3.63, 3.8) is 0 Å². The Morgan fingerprint density at radius 3 is 2.90 bits per heavy atom. The molecule has 0 spiro atoms. The standard InChI is InChI=1S/C14H17BrN2O4/c15-11-6-9-3-5-21-13(9)10(7-11)8-17-14(20)16-4-1-2-12(18)19/h6-7H,1-5,8H2,(H,18,19)(H2,16,17,20). The molecule has 2 rings (SSSR count). The first kappa shape index (κ1) is 15.6. The van der Waals surface area contributed by atoms with Gasteiger partial charge in [-0.1, -0.05) is 15.9 Å². The van der Waals surface area contributed by atoms with Gasteiger partial charge in [-0.15, -0.1) is 0 Å². The van der Waals surface area contributed by atoms with Crippen LogP contribution in [-0.4, -0.2) is 30.3 Å². The van der Waals surface area contributed by atoms with Crippen molar-refractivity contribution in [2.24, 2.45) is 0 Å². The van der Waals surface area contributed by atoms with Gasteiger partial charge in [0, 0.05) is 36.0 Å². The van der Waals surface area contributed by atoms with Crippen LogP contribution in [0.2, 0.25) is 0 Å². The van der Waals surface area contributed by atoms with Crippen molar-refractivity contribution >= 4 is 27.9 Å². The Morgan fingerprint density at radius 2 is 2.14 bits per heavy atom. The molecule has 0 atom stereocenters. The largest absolute Gasteiger partial charge is 0.493 e. The summed E-state index contributed by atoms with van der Waals surface area (Å²) in [4.78, 5) is 22.0. The Labute approximate surface area is 131 Å². The maximum Gasteiger partial charge on any atom is 0.315 e. The molecule has 0 unspecified atom stereocenters. The van der Waals surface area contributed by atoms with Crippen molar-refractivity contribution in [2.75, 3.05) is 13.2 Å². The second-order valence-corrected chi connectivity index (χ2v) is 5.67. The van der Waals surface area contributed by atoms with Crippen LogP contribution >= 0.6 is 15.9 Å². The Balaban J connectivity index is 1.81. The van der Waals surface area contributed by atoms with Crippen LogP contribution in [0.3, 0.4) is 0 Å². The first-order valence-corrected chi connectivity index (χ1v) is 7.53. The van der Waals surface area contributed by atoms with Crippen molar-refractivity contribution in [1.82, 2.24) is 10.6 Å². The molecule has 6 nitrogen and oxygen atoms in total. The molecular formula is C14H17BrN2O4. The van der Waals surface area contributed by atoms with Crippen LogP contribution in [0.1, 0.15) is 24.0 Å². The molecule has 2 amide bonds. The number of rotatable bonds is 6. The quantitative estimate of drug-likeness (QED) is 0.680. The zero-order valence-corrected chi connectivity index (χ0v) is 13.0. The van der Waals surface area contributed by atoms with Gasteiger partial charge >= 0.3 is 12.0 Å². The molecule has 0 aromatic heterocycles. The number of carboxylic acids is 1. The average molecular weight is 357 g/mol. The van der Waals surface area contributed by atoms with Crippen LogP contribution in [0.4, 0.5) is 4.79 Å². The van der Waals surface area contributed by atoms with E-state index in [4.69, 9.17) is 9.84 Å². The molecule has 3 N–H and O–H groups in total. The van der Waals surface area contributed by atoms with Gasteiger partial charge in [-0.2, -0.15) is 0 Å². The maximum atomic E-state index is 11.6. The van der Waals surface area contributed by atoms with Crippen molar-refractivity contribution in [1.29, 1.82) is 0 Å². The van der Waals surface area contributed by atoms with Gasteiger partial charge in [-0.3, -0.25) is 4.79 Å². The number of amides is 2. The van der Waals surface area contributed by atoms with E-state index in [-0.39, 0.29) is 12.5 Å². The minimum absolute atomic E-state index is 0.0489. The van der Waals surface area contributed by atoms with Crippen molar-refractivity contribution < 1.29 is 19.4 Å². The zero-order valence-electron chi connectivity index (χ0n) is 11.4. The van der Waals surface area contributed by atoms with Crippen LogP contribution in [0, 0.1) is 0 Å². The molecule has 0 saturated heterocycles. The van der Waals surface area contributed by atoms with E-state index in [1.165, 1.54) is 0 Å². The lowest BCUT2D eigenvalue weighted by atomic mass is 10.1. The van der Waals surface area contributed by atoms with E-state index in [2.05, 4.69) is 26.6 Å². The normalized spacial score (nSPS) is 12.4. The Morgan fingerprint density at radius 1 is 1.33 bits per heavy atom. The highest BCUT2D eigenvalue weighted by atomic mass is 79.9. The van der Waals surface area contributed by atoms with Gasteiger partial charge in [0.1, 0.15) is 5.75 Å². The van der Waals surface area contributed by atoms with Gasteiger partial charge < -0.3 is 20.5 Å². The summed E-state index contributed by atoms with van der Waals surface area (Å²) in [6.45, 7) is 1.37. The first-order chi connectivity index (χ1) is 10.1. The lowest BCUT2D eigenvalue weighted by Crippen LogP contribution is -2.35. The van der Waals surface area contributed by atoms with Gasteiger partial charge in [0.2, 0.25) is 0 Å². The van der Waals surface area contributed by atoms with Gasteiger partial charge in [-0.25, -0.2) is 4.79 Å². The number of ether oxygens (including phenoxy) is 1. The third-order valence-electron chi connectivity index (χ3n) is 3.12. The van der Waals surface area contributed by atoms with E-state index in [0.29, 0.717) is 26.1 Å². The van der Waals surface area contributed by atoms with E-state index in [1.54, 1.807) is 0 Å². The predicted octanol–water partition coefficient (Wildman–Crippen LogP) is 2.05. The van der Waals surface area contributed by atoms with Crippen LogP contribution in [0.5, 0.6) is 5.75 Å². The fourth-order valence-electron chi connectivity index (χ4n) is 2.16.